The summed E-state index contributed by atoms with van der Waals surface area (Å²) < 4.78 is 5.54. The third-order valence-corrected chi connectivity index (χ3v) is 3.31. The van der Waals surface area contributed by atoms with Crippen molar-refractivity contribution in [2.45, 2.75) is 24.1 Å². The van der Waals surface area contributed by atoms with Gasteiger partial charge in [-0.3, -0.25) is 0 Å². The highest BCUT2D eigenvalue weighted by Gasteiger charge is 2.01. The summed E-state index contributed by atoms with van der Waals surface area (Å²) in [6, 6.07) is 12.4. The Morgan fingerprint density at radius 2 is 2.00 bits per heavy atom. The van der Waals surface area contributed by atoms with E-state index in [0.717, 1.165) is 17.3 Å². The molecule has 0 fully saturated rings. The van der Waals surface area contributed by atoms with Gasteiger partial charge in [0.25, 0.3) is 0 Å². The summed E-state index contributed by atoms with van der Waals surface area (Å²) in [7, 11) is 0. The molecule has 84 valence electrons. The Morgan fingerprint density at radius 3 is 2.69 bits per heavy atom. The highest BCUT2D eigenvalue weighted by Crippen LogP contribution is 2.24. The van der Waals surface area contributed by atoms with Crippen LogP contribution in [0.4, 0.5) is 0 Å². The lowest BCUT2D eigenvalue weighted by molar-refractivity contribution is 0.482. The van der Waals surface area contributed by atoms with Crippen LogP contribution in [-0.4, -0.2) is 0 Å². The largest absolute Gasteiger partial charge is 0.464 e. The first-order valence-electron chi connectivity index (χ1n) is 5.25. The summed E-state index contributed by atoms with van der Waals surface area (Å²) in [6.45, 7) is 2.57. The van der Waals surface area contributed by atoms with Crippen molar-refractivity contribution in [2.24, 2.45) is 5.73 Å². The first-order valence-corrected chi connectivity index (χ1v) is 6.23. The average molecular weight is 233 g/mol. The van der Waals surface area contributed by atoms with Crippen molar-refractivity contribution in [2.75, 3.05) is 0 Å². The van der Waals surface area contributed by atoms with Gasteiger partial charge in [0, 0.05) is 4.90 Å². The van der Waals surface area contributed by atoms with E-state index in [1.165, 1.54) is 10.5 Å². The highest BCUT2D eigenvalue weighted by molar-refractivity contribution is 7.98. The molecule has 2 aromatic rings. The maximum absolute atomic E-state index is 5.54. The lowest BCUT2D eigenvalue weighted by atomic mass is 10.2. The molecule has 0 radical (unpaired) electrons. The number of benzene rings is 1. The van der Waals surface area contributed by atoms with E-state index in [4.69, 9.17) is 10.2 Å². The van der Waals surface area contributed by atoms with E-state index in [1.54, 1.807) is 11.8 Å². The van der Waals surface area contributed by atoms with E-state index < -0.39 is 0 Å². The first kappa shape index (κ1) is 11.3. The van der Waals surface area contributed by atoms with E-state index in [9.17, 15) is 0 Å². The fraction of sp³-hybridized carbons (Fsp3) is 0.231. The molecule has 0 atom stereocenters. The molecule has 3 heteroatoms. The number of nitrogens with two attached hydrogens (primary N) is 1. The molecule has 0 aliphatic rings. The average Bonchev–Trinajstić information content (AvgIpc) is 2.74. The summed E-state index contributed by atoms with van der Waals surface area (Å²) >= 11 is 1.78. The second-order valence-corrected chi connectivity index (χ2v) is 4.73. The zero-order chi connectivity index (χ0) is 11.4. The minimum atomic E-state index is 0.467. The molecule has 2 rings (SSSR count). The molecule has 0 spiro atoms. The summed E-state index contributed by atoms with van der Waals surface area (Å²) in [5, 5.41) is 0. The van der Waals surface area contributed by atoms with Gasteiger partial charge in [-0.25, -0.2) is 0 Å². The van der Waals surface area contributed by atoms with Crippen molar-refractivity contribution >= 4 is 11.8 Å². The molecular formula is C13H15NOS. The van der Waals surface area contributed by atoms with Crippen molar-refractivity contribution in [1.29, 1.82) is 0 Å². The van der Waals surface area contributed by atoms with Gasteiger partial charge in [0.05, 0.1) is 12.3 Å². The third-order valence-electron chi connectivity index (χ3n) is 2.29. The van der Waals surface area contributed by atoms with Crippen molar-refractivity contribution in [3.63, 3.8) is 0 Å². The van der Waals surface area contributed by atoms with E-state index >= 15 is 0 Å². The summed E-state index contributed by atoms with van der Waals surface area (Å²) in [5.74, 6) is 2.68. The van der Waals surface area contributed by atoms with Crippen LogP contribution in [0.15, 0.2) is 45.7 Å². The lowest BCUT2D eigenvalue weighted by Crippen LogP contribution is -1.92. The van der Waals surface area contributed by atoms with Gasteiger partial charge in [-0.05, 0) is 31.2 Å². The summed E-state index contributed by atoms with van der Waals surface area (Å²) in [6.07, 6.45) is 0. The first-order chi connectivity index (χ1) is 7.78. The topological polar surface area (TPSA) is 39.2 Å². The van der Waals surface area contributed by atoms with Crippen LogP contribution < -0.4 is 5.73 Å². The molecule has 0 aliphatic heterocycles. The molecule has 2 N–H and O–H groups in total. The number of furan rings is 1. The molecule has 0 unspecified atom stereocenters. The van der Waals surface area contributed by atoms with Crippen LogP contribution in [0.1, 0.15) is 17.1 Å². The second kappa shape index (κ2) is 5.23. The van der Waals surface area contributed by atoms with Gasteiger partial charge >= 0.3 is 0 Å². The minimum absolute atomic E-state index is 0.467. The smallest absolute Gasteiger partial charge is 0.117 e. The number of thioether (sulfide) groups is 1. The van der Waals surface area contributed by atoms with Crippen molar-refractivity contribution in [1.82, 2.24) is 0 Å². The van der Waals surface area contributed by atoms with Gasteiger partial charge in [-0.15, -0.1) is 11.8 Å². The summed E-state index contributed by atoms with van der Waals surface area (Å²) in [5.41, 5.74) is 6.77. The number of aryl methyl sites for hydroxylation is 1. The van der Waals surface area contributed by atoms with Crippen LogP contribution in [0.2, 0.25) is 0 Å². The number of hydrogen-bond acceptors (Lipinski definition) is 3. The van der Waals surface area contributed by atoms with Crippen molar-refractivity contribution < 1.29 is 4.42 Å². The maximum Gasteiger partial charge on any atom is 0.117 e. The second-order valence-electron chi connectivity index (χ2n) is 3.68. The quantitative estimate of drug-likeness (QED) is 0.823. The van der Waals surface area contributed by atoms with Crippen LogP contribution in [0, 0.1) is 6.92 Å². The predicted molar refractivity (Wildman–Crippen MR) is 67.3 cm³/mol. The molecule has 0 aliphatic carbocycles. The Kier molecular flexibility index (Phi) is 3.70. The Balaban J connectivity index is 1.96. The molecular weight excluding hydrogens is 218 g/mol. The van der Waals surface area contributed by atoms with Gasteiger partial charge in [0.15, 0.2) is 0 Å². The third kappa shape index (κ3) is 2.90. The van der Waals surface area contributed by atoms with Crippen molar-refractivity contribution in [3.8, 4) is 0 Å². The molecule has 0 saturated carbocycles. The van der Waals surface area contributed by atoms with Crippen LogP contribution in [-0.2, 0) is 12.3 Å². The highest BCUT2D eigenvalue weighted by atomic mass is 32.2. The monoisotopic (exact) mass is 233 g/mol. The maximum atomic E-state index is 5.54. The lowest BCUT2D eigenvalue weighted by Gasteiger charge is -2.00. The molecule has 1 heterocycles. The minimum Gasteiger partial charge on any atom is -0.464 e. The zero-order valence-electron chi connectivity index (χ0n) is 9.27. The van der Waals surface area contributed by atoms with E-state index in [2.05, 4.69) is 31.2 Å². The van der Waals surface area contributed by atoms with Gasteiger partial charge in [-0.1, -0.05) is 17.7 Å². The van der Waals surface area contributed by atoms with Gasteiger partial charge in [0.2, 0.25) is 0 Å². The molecule has 1 aromatic carbocycles. The Morgan fingerprint density at radius 1 is 1.19 bits per heavy atom. The molecule has 0 saturated heterocycles. The van der Waals surface area contributed by atoms with Crippen LogP contribution >= 0.6 is 11.8 Å². The molecule has 0 amide bonds. The molecule has 2 nitrogen and oxygen atoms in total. The van der Waals surface area contributed by atoms with Crippen LogP contribution in [0.3, 0.4) is 0 Å². The van der Waals surface area contributed by atoms with Crippen LogP contribution in [0.25, 0.3) is 0 Å². The SMILES string of the molecule is Cc1cccc(SCc2ccc(CN)o2)c1. The fourth-order valence-electron chi connectivity index (χ4n) is 1.47. The molecule has 16 heavy (non-hydrogen) atoms. The molecule has 1 aromatic heterocycles. The van der Waals surface area contributed by atoms with Gasteiger partial charge in [0.1, 0.15) is 11.5 Å². The number of hydrogen-bond donors (Lipinski definition) is 1. The normalized spacial score (nSPS) is 10.6. The van der Waals surface area contributed by atoms with E-state index in [0.29, 0.717) is 6.54 Å². The Labute approximate surface area is 99.8 Å². The Bertz CT molecular complexity index is 464. The molecule has 0 bridgehead atoms. The van der Waals surface area contributed by atoms with Crippen LogP contribution in [0.5, 0.6) is 0 Å². The van der Waals surface area contributed by atoms with Crippen molar-refractivity contribution in [3.05, 3.63) is 53.5 Å². The fourth-order valence-corrected chi connectivity index (χ4v) is 2.38. The van der Waals surface area contributed by atoms with Gasteiger partial charge < -0.3 is 10.2 Å². The van der Waals surface area contributed by atoms with Gasteiger partial charge in [-0.2, -0.15) is 0 Å². The van der Waals surface area contributed by atoms with E-state index in [-0.39, 0.29) is 0 Å². The standard InChI is InChI=1S/C13H15NOS/c1-10-3-2-4-13(7-10)16-9-12-6-5-11(8-14)15-12/h2-7H,8-9,14H2,1H3. The number of rotatable bonds is 4. The summed E-state index contributed by atoms with van der Waals surface area (Å²) in [4.78, 5) is 1.27. The zero-order valence-corrected chi connectivity index (χ0v) is 10.1. The Hall–Kier alpha value is -1.19. The predicted octanol–water partition coefficient (Wildman–Crippen LogP) is 3.34. The van der Waals surface area contributed by atoms with E-state index in [1.807, 2.05) is 12.1 Å².